The molecule has 0 aliphatic carbocycles. The summed E-state index contributed by atoms with van der Waals surface area (Å²) < 4.78 is 0. The molecule has 0 saturated carbocycles. The van der Waals surface area contributed by atoms with Gasteiger partial charge in [-0.2, -0.15) is 0 Å². The van der Waals surface area contributed by atoms with Crippen LogP contribution in [0.5, 0.6) is 0 Å². The first-order chi connectivity index (χ1) is 9.42. The van der Waals surface area contributed by atoms with Crippen LogP contribution in [0.15, 0.2) is 4.99 Å². The smallest absolute Gasteiger partial charge is 0.191 e. The molecule has 1 unspecified atom stereocenters. The minimum atomic E-state index is 0.468. The quantitative estimate of drug-likeness (QED) is 0.388. The average molecular weight is 284 g/mol. The summed E-state index contributed by atoms with van der Waals surface area (Å²) in [6.45, 7) is 18.4. The molecule has 0 saturated heterocycles. The van der Waals surface area contributed by atoms with E-state index in [1.54, 1.807) is 0 Å². The molecule has 0 fully saturated rings. The number of hydrogen-bond acceptors (Lipinski definition) is 2. The lowest BCUT2D eigenvalue weighted by Gasteiger charge is -2.30. The fraction of sp³-hybridized carbons (Fsp3) is 0.938. The third-order valence-electron chi connectivity index (χ3n) is 3.51. The van der Waals surface area contributed by atoms with Crippen LogP contribution >= 0.6 is 0 Å². The molecule has 0 radical (unpaired) electrons. The van der Waals surface area contributed by atoms with Crippen molar-refractivity contribution in [2.45, 2.75) is 79.4 Å². The monoisotopic (exact) mass is 284 g/mol. The highest BCUT2D eigenvalue weighted by Gasteiger charge is 2.12. The number of hydrogen-bond donors (Lipinski definition) is 2. The van der Waals surface area contributed by atoms with Crippen LogP contribution in [0.1, 0.15) is 61.3 Å². The van der Waals surface area contributed by atoms with E-state index in [1.165, 1.54) is 0 Å². The molecule has 0 aromatic rings. The molecule has 0 rings (SSSR count). The van der Waals surface area contributed by atoms with Gasteiger partial charge in [0.2, 0.25) is 0 Å². The van der Waals surface area contributed by atoms with Crippen LogP contribution in [0.3, 0.4) is 0 Å². The molecule has 0 aromatic carbocycles. The standard InChI is InChI=1S/C16H36N4/c1-8-15(7)19-16(17-9-2)18-11-10-12-20(13(3)4)14(5)6/h13-15H,8-12H2,1-7H3,(H2,17,18,19). The first-order valence-corrected chi connectivity index (χ1v) is 8.22. The first kappa shape index (κ1) is 19.2. The highest BCUT2D eigenvalue weighted by molar-refractivity contribution is 5.79. The Kier molecular flexibility index (Phi) is 10.5. The highest BCUT2D eigenvalue weighted by Crippen LogP contribution is 2.05. The zero-order chi connectivity index (χ0) is 15.5. The van der Waals surface area contributed by atoms with Crippen LogP contribution in [-0.2, 0) is 0 Å². The number of aliphatic imine (C=N–C) groups is 1. The Balaban J connectivity index is 4.21. The molecule has 120 valence electrons. The van der Waals surface area contributed by atoms with Gasteiger partial charge in [0.15, 0.2) is 5.96 Å². The number of nitrogens with zero attached hydrogens (tertiary/aromatic N) is 2. The Bertz CT molecular complexity index is 253. The van der Waals surface area contributed by atoms with E-state index in [0.29, 0.717) is 18.1 Å². The third-order valence-corrected chi connectivity index (χ3v) is 3.51. The van der Waals surface area contributed by atoms with Gasteiger partial charge >= 0.3 is 0 Å². The zero-order valence-corrected chi connectivity index (χ0v) is 14.7. The molecule has 20 heavy (non-hydrogen) atoms. The number of nitrogens with one attached hydrogen (secondary N) is 2. The molecule has 4 heteroatoms. The van der Waals surface area contributed by atoms with Gasteiger partial charge in [0, 0.05) is 37.8 Å². The van der Waals surface area contributed by atoms with Crippen LogP contribution in [-0.4, -0.2) is 48.6 Å². The van der Waals surface area contributed by atoms with Crippen LogP contribution < -0.4 is 10.6 Å². The van der Waals surface area contributed by atoms with Gasteiger partial charge in [-0.3, -0.25) is 9.89 Å². The minimum Gasteiger partial charge on any atom is -0.357 e. The summed E-state index contributed by atoms with van der Waals surface area (Å²) in [5.41, 5.74) is 0. The second-order valence-corrected chi connectivity index (χ2v) is 5.99. The molecule has 0 spiro atoms. The van der Waals surface area contributed by atoms with Crippen molar-refractivity contribution in [2.75, 3.05) is 19.6 Å². The minimum absolute atomic E-state index is 0.468. The Morgan fingerprint density at radius 2 is 1.65 bits per heavy atom. The molecule has 4 nitrogen and oxygen atoms in total. The first-order valence-electron chi connectivity index (χ1n) is 8.22. The van der Waals surface area contributed by atoms with Crippen molar-refractivity contribution in [3.63, 3.8) is 0 Å². The number of rotatable bonds is 9. The Labute approximate surface area is 126 Å². The summed E-state index contributed by atoms with van der Waals surface area (Å²) in [5.74, 6) is 0.947. The summed E-state index contributed by atoms with van der Waals surface area (Å²) in [4.78, 5) is 7.18. The maximum absolute atomic E-state index is 4.66. The van der Waals surface area contributed by atoms with Gasteiger partial charge in [-0.25, -0.2) is 0 Å². The summed E-state index contributed by atoms with van der Waals surface area (Å²) in [7, 11) is 0. The van der Waals surface area contributed by atoms with Gasteiger partial charge in [-0.15, -0.1) is 0 Å². The van der Waals surface area contributed by atoms with E-state index in [-0.39, 0.29) is 0 Å². The molecule has 0 bridgehead atoms. The van der Waals surface area contributed by atoms with E-state index in [4.69, 9.17) is 0 Å². The van der Waals surface area contributed by atoms with Gasteiger partial charge < -0.3 is 10.6 Å². The van der Waals surface area contributed by atoms with E-state index in [1.807, 2.05) is 0 Å². The van der Waals surface area contributed by atoms with Crippen LogP contribution in [0.4, 0.5) is 0 Å². The maximum atomic E-state index is 4.66. The largest absolute Gasteiger partial charge is 0.357 e. The molecule has 0 amide bonds. The van der Waals surface area contributed by atoms with Crippen molar-refractivity contribution in [1.29, 1.82) is 0 Å². The van der Waals surface area contributed by atoms with Crippen molar-refractivity contribution in [3.8, 4) is 0 Å². The van der Waals surface area contributed by atoms with Crippen molar-refractivity contribution in [1.82, 2.24) is 15.5 Å². The van der Waals surface area contributed by atoms with E-state index in [9.17, 15) is 0 Å². The van der Waals surface area contributed by atoms with Gasteiger partial charge in [0.25, 0.3) is 0 Å². The SMILES string of the molecule is CCNC(=NCCCN(C(C)C)C(C)C)NC(C)CC. The van der Waals surface area contributed by atoms with Crippen LogP contribution in [0.2, 0.25) is 0 Å². The second kappa shape index (κ2) is 11.0. The summed E-state index contributed by atoms with van der Waals surface area (Å²) in [6.07, 6.45) is 2.21. The van der Waals surface area contributed by atoms with E-state index in [0.717, 1.165) is 38.4 Å². The molecular weight excluding hydrogens is 248 g/mol. The van der Waals surface area contributed by atoms with Crippen molar-refractivity contribution in [3.05, 3.63) is 0 Å². The molecule has 2 N–H and O–H groups in total. The lowest BCUT2D eigenvalue weighted by atomic mass is 10.2. The van der Waals surface area contributed by atoms with Crippen LogP contribution in [0.25, 0.3) is 0 Å². The van der Waals surface area contributed by atoms with E-state index < -0.39 is 0 Å². The second-order valence-electron chi connectivity index (χ2n) is 5.99. The Hall–Kier alpha value is -0.770. The fourth-order valence-electron chi connectivity index (χ4n) is 2.21. The van der Waals surface area contributed by atoms with Crippen LogP contribution in [0, 0.1) is 0 Å². The maximum Gasteiger partial charge on any atom is 0.191 e. The summed E-state index contributed by atoms with van der Waals surface area (Å²) in [6, 6.07) is 1.67. The van der Waals surface area contributed by atoms with E-state index >= 15 is 0 Å². The van der Waals surface area contributed by atoms with Gasteiger partial charge in [0.1, 0.15) is 0 Å². The molecule has 0 aliphatic heterocycles. The molecular formula is C16H36N4. The van der Waals surface area contributed by atoms with Crippen molar-refractivity contribution < 1.29 is 0 Å². The Morgan fingerprint density at radius 1 is 1.05 bits per heavy atom. The average Bonchev–Trinajstić information content (AvgIpc) is 2.37. The van der Waals surface area contributed by atoms with Crippen molar-refractivity contribution >= 4 is 5.96 Å². The topological polar surface area (TPSA) is 39.7 Å². The predicted octanol–water partition coefficient (Wildman–Crippen LogP) is 2.85. The van der Waals surface area contributed by atoms with Gasteiger partial charge in [0.05, 0.1) is 0 Å². The lowest BCUT2D eigenvalue weighted by Crippen LogP contribution is -2.42. The summed E-state index contributed by atoms with van der Waals surface area (Å²) >= 11 is 0. The van der Waals surface area contributed by atoms with Gasteiger partial charge in [-0.1, -0.05) is 6.92 Å². The molecule has 1 atom stereocenters. The highest BCUT2D eigenvalue weighted by atomic mass is 15.2. The lowest BCUT2D eigenvalue weighted by molar-refractivity contribution is 0.174. The molecule has 0 heterocycles. The normalized spacial score (nSPS) is 14.2. The molecule has 0 aromatic heterocycles. The predicted molar refractivity (Wildman–Crippen MR) is 90.5 cm³/mol. The van der Waals surface area contributed by atoms with Crippen molar-refractivity contribution in [2.24, 2.45) is 4.99 Å². The Morgan fingerprint density at radius 3 is 2.10 bits per heavy atom. The molecule has 0 aliphatic rings. The fourth-order valence-corrected chi connectivity index (χ4v) is 2.21. The van der Waals surface area contributed by atoms with Gasteiger partial charge in [-0.05, 0) is 54.4 Å². The number of guanidine groups is 1. The van der Waals surface area contributed by atoms with E-state index in [2.05, 4.69) is 69.0 Å². The summed E-state index contributed by atoms with van der Waals surface area (Å²) in [5, 5.41) is 6.73. The third kappa shape index (κ3) is 8.41. The zero-order valence-electron chi connectivity index (χ0n) is 14.7.